The number of allylic oxidation sites excluding steroid dienone is 1. The lowest BCUT2D eigenvalue weighted by Gasteiger charge is -2.29. The number of rotatable bonds is 4. The Labute approximate surface area is 181 Å². The molecule has 1 heterocycles. The highest BCUT2D eigenvalue weighted by atomic mass is 32.1. The fourth-order valence-electron chi connectivity index (χ4n) is 3.11. The average molecular weight is 424 g/mol. The maximum Gasteiger partial charge on any atom is 0.409 e. The number of thiocarbonyl (C=S) groups is 1. The van der Waals surface area contributed by atoms with Crippen LogP contribution < -0.4 is 10.6 Å². The number of alkyl carbamates (subject to hydrolysis) is 1. The van der Waals surface area contributed by atoms with Crippen molar-refractivity contribution < 1.29 is 14.3 Å². The summed E-state index contributed by atoms with van der Waals surface area (Å²) in [6.07, 6.45) is -1.45. The van der Waals surface area contributed by atoms with Crippen molar-refractivity contribution in [1.82, 2.24) is 15.5 Å². The zero-order valence-corrected chi connectivity index (χ0v) is 18.2. The molecule has 2 amide bonds. The Hall–Kier alpha value is -3.19. The van der Waals surface area contributed by atoms with E-state index in [1.54, 1.807) is 20.8 Å². The summed E-state index contributed by atoms with van der Waals surface area (Å²) in [5.41, 5.74) is 2.11. The Morgan fingerprint density at radius 3 is 2.20 bits per heavy atom. The van der Waals surface area contributed by atoms with Crippen molar-refractivity contribution >= 4 is 34.9 Å². The molecule has 0 spiro atoms. The molecule has 2 aromatic rings. The Morgan fingerprint density at radius 1 is 1.07 bits per heavy atom. The topological polar surface area (TPSA) is 70.7 Å². The quantitative estimate of drug-likeness (QED) is 0.565. The van der Waals surface area contributed by atoms with Crippen LogP contribution in [0.5, 0.6) is 0 Å². The van der Waals surface area contributed by atoms with E-state index in [2.05, 4.69) is 10.6 Å². The molecular weight excluding hydrogens is 398 g/mol. The molecule has 0 bridgehead atoms. The molecular formula is C23H25N3O3S. The van der Waals surface area contributed by atoms with Gasteiger partial charge in [0.1, 0.15) is 17.5 Å². The Bertz CT molecular complexity index is 982. The molecule has 7 heteroatoms. The number of carbonyl (C=O) groups is 2. The van der Waals surface area contributed by atoms with Crippen LogP contribution in [-0.2, 0) is 9.53 Å². The minimum atomic E-state index is -0.811. The Morgan fingerprint density at radius 2 is 1.63 bits per heavy atom. The maximum absolute atomic E-state index is 13.3. The molecule has 0 aliphatic carbocycles. The second-order valence-corrected chi connectivity index (χ2v) is 8.32. The zero-order valence-electron chi connectivity index (χ0n) is 17.4. The van der Waals surface area contributed by atoms with E-state index in [-0.39, 0.29) is 11.0 Å². The van der Waals surface area contributed by atoms with Gasteiger partial charge >= 0.3 is 6.09 Å². The minimum absolute atomic E-state index is 0.218. The molecule has 1 fully saturated rings. The summed E-state index contributed by atoms with van der Waals surface area (Å²) in [6.45, 7) is 7.20. The lowest BCUT2D eigenvalue weighted by Crippen LogP contribution is -2.46. The van der Waals surface area contributed by atoms with Crippen LogP contribution in [0.15, 0.2) is 66.4 Å². The summed E-state index contributed by atoms with van der Waals surface area (Å²) in [5, 5.41) is 6.02. The van der Waals surface area contributed by atoms with Crippen molar-refractivity contribution in [1.29, 1.82) is 0 Å². The third-order valence-electron chi connectivity index (χ3n) is 4.49. The van der Waals surface area contributed by atoms with Gasteiger partial charge < -0.3 is 10.1 Å². The van der Waals surface area contributed by atoms with Crippen LogP contribution >= 0.6 is 12.2 Å². The normalized spacial score (nSPS) is 16.7. The van der Waals surface area contributed by atoms with Gasteiger partial charge in [-0.15, -0.1) is 0 Å². The summed E-state index contributed by atoms with van der Waals surface area (Å²) in [7, 11) is 0. The van der Waals surface area contributed by atoms with Crippen molar-refractivity contribution in [2.75, 3.05) is 0 Å². The first-order valence-corrected chi connectivity index (χ1v) is 10.0. The van der Waals surface area contributed by atoms with Gasteiger partial charge in [-0.2, -0.15) is 0 Å². The number of hydrogen-bond donors (Lipinski definition) is 2. The molecule has 1 unspecified atom stereocenters. The molecule has 2 N–H and O–H groups in total. The van der Waals surface area contributed by atoms with E-state index >= 15 is 0 Å². The zero-order chi connectivity index (χ0) is 21.9. The van der Waals surface area contributed by atoms with E-state index in [1.165, 1.54) is 4.90 Å². The van der Waals surface area contributed by atoms with Crippen LogP contribution in [0, 0.1) is 0 Å². The first-order valence-electron chi connectivity index (χ1n) is 9.62. The van der Waals surface area contributed by atoms with Gasteiger partial charge in [0.05, 0.1) is 0 Å². The van der Waals surface area contributed by atoms with E-state index in [1.807, 2.05) is 67.6 Å². The molecule has 2 aromatic carbocycles. The van der Waals surface area contributed by atoms with Crippen molar-refractivity contribution in [3.05, 3.63) is 77.5 Å². The summed E-state index contributed by atoms with van der Waals surface area (Å²) in [6, 6.07) is 18.8. The highest BCUT2D eigenvalue weighted by Crippen LogP contribution is 2.28. The maximum atomic E-state index is 13.3. The highest BCUT2D eigenvalue weighted by molar-refractivity contribution is 7.80. The second-order valence-electron chi connectivity index (χ2n) is 7.93. The first-order chi connectivity index (χ1) is 14.2. The predicted molar refractivity (Wildman–Crippen MR) is 120 cm³/mol. The van der Waals surface area contributed by atoms with Gasteiger partial charge in [-0.25, -0.2) is 4.79 Å². The highest BCUT2D eigenvalue weighted by Gasteiger charge is 2.39. The van der Waals surface area contributed by atoms with Crippen LogP contribution in [0.3, 0.4) is 0 Å². The third-order valence-corrected chi connectivity index (χ3v) is 4.79. The third kappa shape index (κ3) is 4.86. The molecule has 1 saturated heterocycles. The van der Waals surface area contributed by atoms with Gasteiger partial charge in [0.2, 0.25) is 0 Å². The standard InChI is InChI=1S/C23H25N3O3S/c1-15(16-11-7-5-8-12-16)18-20(27)26(21(30)24-18)19(17-13-9-6-10-14-17)25-22(28)29-23(2,3)4/h5-14,19H,1-4H3,(H,24,30)(H,25,28)/b18-15-. The van der Waals surface area contributed by atoms with Crippen LogP contribution in [0.25, 0.3) is 5.57 Å². The lowest BCUT2D eigenvalue weighted by atomic mass is 10.1. The Kier molecular flexibility index (Phi) is 6.22. The van der Waals surface area contributed by atoms with Crippen LogP contribution in [0.2, 0.25) is 0 Å². The molecule has 30 heavy (non-hydrogen) atoms. The number of nitrogens with one attached hydrogen (secondary N) is 2. The summed E-state index contributed by atoms with van der Waals surface area (Å²) < 4.78 is 5.40. The molecule has 156 valence electrons. The minimum Gasteiger partial charge on any atom is -0.444 e. The number of carbonyl (C=O) groups excluding carboxylic acids is 2. The number of nitrogens with zero attached hydrogens (tertiary/aromatic N) is 1. The number of amides is 2. The molecule has 6 nitrogen and oxygen atoms in total. The van der Waals surface area contributed by atoms with Crippen molar-refractivity contribution in [2.24, 2.45) is 0 Å². The summed E-state index contributed by atoms with van der Waals surface area (Å²) in [5.74, 6) is -0.314. The molecule has 3 rings (SSSR count). The molecule has 0 saturated carbocycles. The first kappa shape index (κ1) is 21.5. The van der Waals surface area contributed by atoms with Gasteiger partial charge in [0, 0.05) is 0 Å². The average Bonchev–Trinajstić information content (AvgIpc) is 2.99. The van der Waals surface area contributed by atoms with Crippen molar-refractivity contribution in [3.63, 3.8) is 0 Å². The van der Waals surface area contributed by atoms with E-state index in [9.17, 15) is 9.59 Å². The fraction of sp³-hybridized carbons (Fsp3) is 0.261. The van der Waals surface area contributed by atoms with Crippen LogP contribution in [-0.4, -0.2) is 27.6 Å². The van der Waals surface area contributed by atoms with Crippen LogP contribution in [0.1, 0.15) is 45.0 Å². The molecule has 1 aliphatic heterocycles. The van der Waals surface area contributed by atoms with Gasteiger partial charge in [-0.1, -0.05) is 60.7 Å². The summed E-state index contributed by atoms with van der Waals surface area (Å²) >= 11 is 5.47. The number of ether oxygens (including phenoxy) is 1. The van der Waals surface area contributed by atoms with Gasteiger partial charge in [0.15, 0.2) is 5.11 Å². The smallest absolute Gasteiger partial charge is 0.409 e. The van der Waals surface area contributed by atoms with Gasteiger partial charge in [-0.05, 0) is 56.6 Å². The largest absolute Gasteiger partial charge is 0.444 e. The summed E-state index contributed by atoms with van der Waals surface area (Å²) in [4.78, 5) is 27.2. The monoisotopic (exact) mass is 423 g/mol. The molecule has 0 aromatic heterocycles. The molecule has 1 aliphatic rings. The van der Waals surface area contributed by atoms with Crippen LogP contribution in [0.4, 0.5) is 4.79 Å². The van der Waals surface area contributed by atoms with Gasteiger partial charge in [0.25, 0.3) is 5.91 Å². The number of benzene rings is 2. The van der Waals surface area contributed by atoms with Crippen molar-refractivity contribution in [3.8, 4) is 0 Å². The van der Waals surface area contributed by atoms with E-state index in [4.69, 9.17) is 17.0 Å². The number of hydrogen-bond acceptors (Lipinski definition) is 4. The second kappa shape index (κ2) is 8.67. The van der Waals surface area contributed by atoms with Crippen molar-refractivity contribution in [2.45, 2.75) is 39.5 Å². The van der Waals surface area contributed by atoms with E-state index in [0.717, 1.165) is 11.1 Å². The SMILES string of the molecule is C/C(=C1/NC(=S)N(C(NC(=O)OC(C)(C)C)c2ccccc2)C1=O)c1ccccc1. The Balaban J connectivity index is 1.96. The fourth-order valence-corrected chi connectivity index (χ4v) is 3.40. The predicted octanol–water partition coefficient (Wildman–Crippen LogP) is 4.36. The van der Waals surface area contributed by atoms with E-state index < -0.39 is 17.9 Å². The van der Waals surface area contributed by atoms with Gasteiger partial charge in [-0.3, -0.25) is 15.0 Å². The lowest BCUT2D eigenvalue weighted by molar-refractivity contribution is -0.124. The molecule has 0 radical (unpaired) electrons. The van der Waals surface area contributed by atoms with E-state index in [0.29, 0.717) is 11.3 Å². The molecule has 1 atom stereocenters.